The first-order valence-corrected chi connectivity index (χ1v) is 7.05. The van der Waals surface area contributed by atoms with E-state index >= 15 is 0 Å². The van der Waals surface area contributed by atoms with E-state index in [0.29, 0.717) is 10.8 Å². The minimum absolute atomic E-state index is 0.122. The molecule has 2 rings (SSSR count). The Morgan fingerprint density at radius 2 is 1.95 bits per heavy atom. The van der Waals surface area contributed by atoms with Gasteiger partial charge >= 0.3 is 12.1 Å². The molecule has 4 nitrogen and oxygen atoms in total. The van der Waals surface area contributed by atoms with Gasteiger partial charge in [0, 0.05) is 24.7 Å². The third kappa shape index (κ3) is 4.27. The van der Waals surface area contributed by atoms with Crippen molar-refractivity contribution in [3.8, 4) is 5.75 Å². The lowest BCUT2D eigenvalue weighted by Crippen LogP contribution is -2.33. The molecule has 2 atom stereocenters. The highest BCUT2D eigenvalue weighted by Gasteiger charge is 2.52. The second-order valence-corrected chi connectivity index (χ2v) is 5.59. The number of rotatable bonds is 5. The molecule has 22 heavy (non-hydrogen) atoms. The molecule has 0 bridgehead atoms. The van der Waals surface area contributed by atoms with Gasteiger partial charge in [0.2, 0.25) is 0 Å². The molecule has 1 fully saturated rings. The molecule has 8 heteroatoms. The molecule has 0 saturated carbocycles. The number of hydrogen-bond acceptors (Lipinski definition) is 3. The van der Waals surface area contributed by atoms with Gasteiger partial charge in [-0.3, -0.25) is 9.69 Å². The van der Waals surface area contributed by atoms with Crippen molar-refractivity contribution in [1.82, 2.24) is 4.90 Å². The topological polar surface area (TPSA) is 49.8 Å². The molecule has 1 aliphatic heterocycles. The van der Waals surface area contributed by atoms with Crippen LogP contribution in [0.1, 0.15) is 0 Å². The van der Waals surface area contributed by atoms with E-state index in [1.165, 1.54) is 4.90 Å². The van der Waals surface area contributed by atoms with Crippen molar-refractivity contribution in [3.63, 3.8) is 0 Å². The summed E-state index contributed by atoms with van der Waals surface area (Å²) in [6.07, 6.45) is -4.51. The summed E-state index contributed by atoms with van der Waals surface area (Å²) in [6.45, 7) is -0.0224. The fourth-order valence-corrected chi connectivity index (χ4v) is 2.60. The Morgan fingerprint density at radius 3 is 2.45 bits per heavy atom. The molecule has 1 aromatic carbocycles. The minimum atomic E-state index is -4.51. The van der Waals surface area contributed by atoms with Crippen LogP contribution in [0.5, 0.6) is 5.75 Å². The Balaban J connectivity index is 1.86. The number of carboxylic acid groups (broad SMARTS) is 1. The highest BCUT2D eigenvalue weighted by atomic mass is 35.5. The summed E-state index contributed by atoms with van der Waals surface area (Å²) in [7, 11) is 0. The molecule has 0 aliphatic carbocycles. The van der Waals surface area contributed by atoms with Crippen LogP contribution in [-0.2, 0) is 4.79 Å². The molecule has 122 valence electrons. The number of carboxylic acids is 1. The Kier molecular flexibility index (Phi) is 5.18. The van der Waals surface area contributed by atoms with Crippen molar-refractivity contribution < 1.29 is 27.8 Å². The lowest BCUT2D eigenvalue weighted by molar-refractivity contribution is -0.188. The zero-order chi connectivity index (χ0) is 16.3. The molecular formula is C14H15ClF3NO3. The van der Waals surface area contributed by atoms with E-state index in [1.807, 2.05) is 0 Å². The second-order valence-electron chi connectivity index (χ2n) is 5.15. The average Bonchev–Trinajstić information content (AvgIpc) is 2.85. The average molecular weight is 338 g/mol. The molecule has 0 unspecified atom stereocenters. The molecule has 0 spiro atoms. The zero-order valence-corrected chi connectivity index (χ0v) is 12.3. The van der Waals surface area contributed by atoms with Crippen LogP contribution >= 0.6 is 11.6 Å². The molecule has 0 radical (unpaired) electrons. The van der Waals surface area contributed by atoms with Crippen LogP contribution in [0, 0.1) is 11.8 Å². The van der Waals surface area contributed by atoms with Gasteiger partial charge in [0.25, 0.3) is 0 Å². The normalized spacial score (nSPS) is 22.7. The van der Waals surface area contributed by atoms with E-state index in [2.05, 4.69) is 0 Å². The molecule has 1 aliphatic rings. The van der Waals surface area contributed by atoms with Crippen LogP contribution in [-0.4, -0.2) is 48.4 Å². The lowest BCUT2D eigenvalue weighted by atomic mass is 9.96. The Hall–Kier alpha value is -1.47. The number of nitrogens with zero attached hydrogens (tertiary/aromatic N) is 1. The summed E-state index contributed by atoms with van der Waals surface area (Å²) in [6, 6.07) is 6.61. The SMILES string of the molecule is O=C(O)[C@@H]1CN(CCOc2ccc(Cl)cc2)C[C@H]1C(F)(F)F. The maximum atomic E-state index is 12.8. The summed E-state index contributed by atoms with van der Waals surface area (Å²) >= 11 is 5.73. The smallest absolute Gasteiger partial charge is 0.393 e. The second kappa shape index (κ2) is 6.75. The number of halogens is 4. The fourth-order valence-electron chi connectivity index (χ4n) is 2.47. The van der Waals surface area contributed by atoms with E-state index in [4.69, 9.17) is 21.4 Å². The van der Waals surface area contributed by atoms with Gasteiger partial charge in [-0.05, 0) is 24.3 Å². The van der Waals surface area contributed by atoms with E-state index < -0.39 is 24.0 Å². The van der Waals surface area contributed by atoms with Crippen LogP contribution in [0.2, 0.25) is 5.02 Å². The number of alkyl halides is 3. The van der Waals surface area contributed by atoms with Gasteiger partial charge in [0.15, 0.2) is 0 Å². The van der Waals surface area contributed by atoms with Gasteiger partial charge in [-0.1, -0.05) is 11.6 Å². The van der Waals surface area contributed by atoms with Crippen molar-refractivity contribution in [1.29, 1.82) is 0 Å². The summed E-state index contributed by atoms with van der Waals surface area (Å²) in [5, 5.41) is 9.48. The number of aliphatic carboxylic acids is 1. The van der Waals surface area contributed by atoms with Crippen molar-refractivity contribution in [3.05, 3.63) is 29.3 Å². The Bertz CT molecular complexity index is 521. The standard InChI is InChI=1S/C14H15ClF3NO3/c15-9-1-3-10(4-2-9)22-6-5-19-7-11(13(20)21)12(8-19)14(16,17)18/h1-4,11-12H,5-8H2,(H,20,21)/t11-,12-/m1/s1. The maximum absolute atomic E-state index is 12.8. The van der Waals surface area contributed by atoms with Crippen LogP contribution < -0.4 is 4.74 Å². The van der Waals surface area contributed by atoms with Crippen molar-refractivity contribution in [2.45, 2.75) is 6.18 Å². The first kappa shape index (κ1) is 16.9. The van der Waals surface area contributed by atoms with Gasteiger partial charge in [-0.15, -0.1) is 0 Å². The number of benzene rings is 1. The van der Waals surface area contributed by atoms with Crippen LogP contribution in [0.4, 0.5) is 13.2 Å². The first-order valence-electron chi connectivity index (χ1n) is 6.67. The summed E-state index contributed by atoms with van der Waals surface area (Å²) in [4.78, 5) is 12.4. The van der Waals surface area contributed by atoms with Gasteiger partial charge in [0.1, 0.15) is 12.4 Å². The molecule has 0 amide bonds. The van der Waals surface area contributed by atoms with Crippen LogP contribution in [0.3, 0.4) is 0 Å². The molecule has 1 heterocycles. The lowest BCUT2D eigenvalue weighted by Gasteiger charge is -2.18. The van der Waals surface area contributed by atoms with Crippen molar-refractivity contribution >= 4 is 17.6 Å². The predicted molar refractivity (Wildman–Crippen MR) is 74.1 cm³/mol. The maximum Gasteiger partial charge on any atom is 0.393 e. The molecule has 1 saturated heterocycles. The molecule has 1 N–H and O–H groups in total. The van der Waals surface area contributed by atoms with Gasteiger partial charge in [-0.2, -0.15) is 13.2 Å². The summed E-state index contributed by atoms with van der Waals surface area (Å²) in [5.74, 6) is -4.11. The minimum Gasteiger partial charge on any atom is -0.492 e. The third-order valence-corrected chi connectivity index (χ3v) is 3.87. The third-order valence-electron chi connectivity index (χ3n) is 3.62. The highest BCUT2D eigenvalue weighted by Crippen LogP contribution is 2.37. The van der Waals surface area contributed by atoms with Gasteiger partial charge < -0.3 is 9.84 Å². The number of hydrogen-bond donors (Lipinski definition) is 1. The molecular weight excluding hydrogens is 323 g/mol. The largest absolute Gasteiger partial charge is 0.492 e. The Labute approximate surface area is 130 Å². The van der Waals surface area contributed by atoms with Crippen molar-refractivity contribution in [2.24, 2.45) is 11.8 Å². The van der Waals surface area contributed by atoms with E-state index in [9.17, 15) is 18.0 Å². The quantitative estimate of drug-likeness (QED) is 0.897. The first-order chi connectivity index (χ1) is 10.3. The summed E-state index contributed by atoms with van der Waals surface area (Å²) < 4.78 is 43.9. The van der Waals surface area contributed by atoms with Crippen molar-refractivity contribution in [2.75, 3.05) is 26.2 Å². The predicted octanol–water partition coefficient (Wildman–Crippen LogP) is 2.91. The van der Waals surface area contributed by atoms with E-state index in [0.717, 1.165) is 0 Å². The Morgan fingerprint density at radius 1 is 1.32 bits per heavy atom. The number of likely N-dealkylation sites (tertiary alicyclic amines) is 1. The highest BCUT2D eigenvalue weighted by molar-refractivity contribution is 6.30. The monoisotopic (exact) mass is 337 g/mol. The fraction of sp³-hybridized carbons (Fsp3) is 0.500. The molecule has 0 aromatic heterocycles. The van der Waals surface area contributed by atoms with Gasteiger partial charge in [-0.25, -0.2) is 0 Å². The van der Waals surface area contributed by atoms with Crippen LogP contribution in [0.15, 0.2) is 24.3 Å². The van der Waals surface area contributed by atoms with E-state index in [1.54, 1.807) is 24.3 Å². The zero-order valence-electron chi connectivity index (χ0n) is 11.5. The number of ether oxygens (including phenoxy) is 1. The van der Waals surface area contributed by atoms with Crippen LogP contribution in [0.25, 0.3) is 0 Å². The number of carbonyl (C=O) groups is 1. The molecule has 1 aromatic rings. The van der Waals surface area contributed by atoms with Gasteiger partial charge in [0.05, 0.1) is 11.8 Å². The van der Waals surface area contributed by atoms with E-state index in [-0.39, 0.29) is 26.2 Å². The summed E-state index contributed by atoms with van der Waals surface area (Å²) in [5.41, 5.74) is 0.